The number of nitrogens with zero attached hydrogens (tertiary/aromatic N) is 3. The van der Waals surface area contributed by atoms with Crippen molar-refractivity contribution in [2.45, 2.75) is 75.5 Å². The molecule has 0 radical (unpaired) electrons. The molecule has 48 heavy (non-hydrogen) atoms. The Morgan fingerprint density at radius 3 is 2.50 bits per heavy atom. The van der Waals surface area contributed by atoms with Crippen LogP contribution in [0.2, 0.25) is 0 Å². The van der Waals surface area contributed by atoms with Crippen LogP contribution < -0.4 is 20.1 Å². The Bertz CT molecular complexity index is 1950. The highest BCUT2D eigenvalue weighted by molar-refractivity contribution is 6.00. The summed E-state index contributed by atoms with van der Waals surface area (Å²) in [5.41, 5.74) is -3.35. The topological polar surface area (TPSA) is 136 Å². The minimum atomic E-state index is -3.42. The fraction of sp³-hybridized carbons (Fsp3) is 0.400. The summed E-state index contributed by atoms with van der Waals surface area (Å²) in [6.45, 7) is 4.26. The molecule has 2 aromatic carbocycles. The van der Waals surface area contributed by atoms with Crippen molar-refractivity contribution in [3.8, 4) is 22.8 Å². The number of pyridine rings is 1. The lowest BCUT2D eigenvalue weighted by Gasteiger charge is -2.29. The summed E-state index contributed by atoms with van der Waals surface area (Å²) >= 11 is 0. The molecule has 2 saturated carbocycles. The van der Waals surface area contributed by atoms with Gasteiger partial charge in [0.15, 0.2) is 5.60 Å². The van der Waals surface area contributed by atoms with Crippen LogP contribution in [0.3, 0.4) is 0 Å². The van der Waals surface area contributed by atoms with Gasteiger partial charge in [0, 0.05) is 27.6 Å². The molecule has 4 aromatic rings. The zero-order chi connectivity index (χ0) is 34.0. The lowest BCUT2D eigenvalue weighted by Crippen LogP contribution is -2.48. The van der Waals surface area contributed by atoms with Crippen molar-refractivity contribution in [3.63, 3.8) is 0 Å². The van der Waals surface area contributed by atoms with Gasteiger partial charge in [0.1, 0.15) is 40.5 Å². The van der Waals surface area contributed by atoms with Gasteiger partial charge in [0.2, 0.25) is 5.91 Å². The fourth-order valence-electron chi connectivity index (χ4n) is 5.73. The molecule has 13 heteroatoms. The second-order valence-corrected chi connectivity index (χ2v) is 13.5. The smallest absolute Gasteiger partial charge is 0.274 e. The third-order valence-corrected chi connectivity index (χ3v) is 9.29. The first-order valence-corrected chi connectivity index (χ1v) is 15.8. The van der Waals surface area contributed by atoms with Gasteiger partial charge >= 0.3 is 0 Å². The van der Waals surface area contributed by atoms with Gasteiger partial charge in [0.25, 0.3) is 12.3 Å². The van der Waals surface area contributed by atoms with Gasteiger partial charge in [-0.3, -0.25) is 9.59 Å². The highest BCUT2D eigenvalue weighted by Crippen LogP contribution is 2.47. The number of ether oxygens (including phenoxy) is 2. The number of aryl methyl sites for hydroxylation is 1. The van der Waals surface area contributed by atoms with Crippen molar-refractivity contribution in [1.29, 1.82) is 0 Å². The molecule has 2 fully saturated rings. The summed E-state index contributed by atoms with van der Waals surface area (Å²) in [6, 6.07) is 11.2. The average Bonchev–Trinajstić information content (AvgIpc) is 3.99. The molecule has 3 N–H and O–H groups in total. The molecule has 0 unspecified atom stereocenters. The molecule has 3 aliphatic rings. The van der Waals surface area contributed by atoms with Gasteiger partial charge in [0.05, 0.1) is 24.0 Å². The Morgan fingerprint density at radius 2 is 1.83 bits per heavy atom. The Balaban J connectivity index is 1.25. The Kier molecular flexibility index (Phi) is 7.57. The third-order valence-electron chi connectivity index (χ3n) is 9.29. The van der Waals surface area contributed by atoms with E-state index in [1.54, 1.807) is 26.0 Å². The number of hydrogen-bond donors (Lipinski definition) is 3. The molecular formula is C35H34F3N5O5. The van der Waals surface area contributed by atoms with Gasteiger partial charge in [-0.25, -0.2) is 18.2 Å². The van der Waals surface area contributed by atoms with E-state index in [0.29, 0.717) is 27.9 Å². The number of aliphatic hydroxyl groups is 1. The van der Waals surface area contributed by atoms with E-state index in [1.165, 1.54) is 36.4 Å². The molecule has 10 nitrogen and oxygen atoms in total. The number of benzene rings is 2. The maximum atomic E-state index is 15.0. The largest absolute Gasteiger partial charge is 0.489 e. The second kappa shape index (κ2) is 11.4. The van der Waals surface area contributed by atoms with Gasteiger partial charge in [-0.1, -0.05) is 0 Å². The maximum absolute atomic E-state index is 15.0. The second-order valence-electron chi connectivity index (χ2n) is 13.5. The number of amides is 2. The van der Waals surface area contributed by atoms with Crippen LogP contribution in [0, 0.1) is 12.7 Å². The first kappa shape index (κ1) is 31.8. The van der Waals surface area contributed by atoms with Crippen LogP contribution in [0.25, 0.3) is 22.2 Å². The molecule has 3 heterocycles. The van der Waals surface area contributed by atoms with Gasteiger partial charge in [-0.2, -0.15) is 5.10 Å². The number of halogens is 3. The predicted molar refractivity (Wildman–Crippen MR) is 168 cm³/mol. The maximum Gasteiger partial charge on any atom is 0.274 e. The van der Waals surface area contributed by atoms with E-state index in [-0.39, 0.29) is 46.7 Å². The molecule has 0 spiro atoms. The lowest BCUT2D eigenvalue weighted by molar-refractivity contribution is -0.127. The van der Waals surface area contributed by atoms with Crippen molar-refractivity contribution in [3.05, 3.63) is 76.9 Å². The highest BCUT2D eigenvalue weighted by atomic mass is 19.3. The van der Waals surface area contributed by atoms with Crippen LogP contribution in [0.4, 0.5) is 13.2 Å². The monoisotopic (exact) mass is 661 g/mol. The lowest BCUT2D eigenvalue weighted by atomic mass is 9.81. The summed E-state index contributed by atoms with van der Waals surface area (Å²) in [7, 11) is 0. The first-order chi connectivity index (χ1) is 22.8. The van der Waals surface area contributed by atoms with Crippen LogP contribution in [-0.2, 0) is 15.8 Å². The number of hydrogen-bond acceptors (Lipinski definition) is 8. The molecule has 250 valence electrons. The molecule has 2 atom stereocenters. The summed E-state index contributed by atoms with van der Waals surface area (Å²) < 4.78 is 55.8. The normalized spacial score (nSPS) is 20.5. The molecule has 2 aromatic heterocycles. The van der Waals surface area contributed by atoms with Crippen molar-refractivity contribution in [2.75, 3.05) is 13.2 Å². The standard InChI is InChI=1S/C35H34F3N5O5/c1-18-12-20-13-21(14-25(27(20)43-42-18)48-23-8-9-23)30(44)39-16-35(46,31(37)38)26-15-24-29(28(40-26)19-4-6-22(36)7-5-19)47-17-34(24,3)32(45)41-33(2)10-11-33/h4-7,12-15,23,31,46H,8-11,16-17H2,1-3H3,(H,39,44)(H,41,45)/t34-,35-/m0/s1. The van der Waals surface area contributed by atoms with Crippen LogP contribution >= 0.6 is 0 Å². The number of nitrogens with one attached hydrogen (secondary N) is 2. The average molecular weight is 662 g/mol. The van der Waals surface area contributed by atoms with Crippen LogP contribution in [0.5, 0.6) is 11.5 Å². The van der Waals surface area contributed by atoms with E-state index in [9.17, 15) is 27.9 Å². The first-order valence-electron chi connectivity index (χ1n) is 15.8. The van der Waals surface area contributed by atoms with E-state index in [2.05, 4.69) is 25.8 Å². The van der Waals surface area contributed by atoms with Crippen molar-refractivity contribution in [2.24, 2.45) is 0 Å². The number of alkyl halides is 2. The molecule has 1 aliphatic heterocycles. The minimum absolute atomic E-state index is 0.0105. The van der Waals surface area contributed by atoms with Crippen molar-refractivity contribution >= 4 is 22.7 Å². The van der Waals surface area contributed by atoms with Gasteiger partial charge < -0.3 is 25.2 Å². The van der Waals surface area contributed by atoms with E-state index in [1.807, 2.05) is 6.92 Å². The van der Waals surface area contributed by atoms with E-state index >= 15 is 0 Å². The van der Waals surface area contributed by atoms with E-state index in [0.717, 1.165) is 25.7 Å². The molecular weight excluding hydrogens is 627 g/mol. The number of carbonyl (C=O) groups is 2. The number of rotatable bonds is 10. The summed E-state index contributed by atoms with van der Waals surface area (Å²) in [6.07, 6.45) is -0.110. The summed E-state index contributed by atoms with van der Waals surface area (Å²) in [5, 5.41) is 26.0. The van der Waals surface area contributed by atoms with E-state index < -0.39 is 41.4 Å². The molecule has 0 bridgehead atoms. The van der Waals surface area contributed by atoms with Crippen molar-refractivity contribution < 1.29 is 37.3 Å². The van der Waals surface area contributed by atoms with Crippen LogP contribution in [0.1, 0.15) is 66.8 Å². The minimum Gasteiger partial charge on any atom is -0.489 e. The van der Waals surface area contributed by atoms with E-state index in [4.69, 9.17) is 9.47 Å². The Morgan fingerprint density at radius 1 is 1.10 bits per heavy atom. The Hall–Kier alpha value is -4.78. The fourth-order valence-corrected chi connectivity index (χ4v) is 5.73. The number of carbonyl (C=O) groups excluding carboxylic acids is 2. The zero-order valence-electron chi connectivity index (χ0n) is 26.6. The zero-order valence-corrected chi connectivity index (χ0v) is 26.6. The number of aromatic nitrogens is 3. The van der Waals surface area contributed by atoms with Gasteiger partial charge in [-0.15, -0.1) is 5.10 Å². The quantitative estimate of drug-likeness (QED) is 0.219. The number of fused-ring (bicyclic) bond motifs is 2. The van der Waals surface area contributed by atoms with Crippen LogP contribution in [0.15, 0.2) is 48.5 Å². The molecule has 7 rings (SSSR count). The predicted octanol–water partition coefficient (Wildman–Crippen LogP) is 4.88. The molecule has 2 aliphatic carbocycles. The SMILES string of the molecule is Cc1cc2cc(C(=O)NC[C@](O)(c3cc4c(c(-c5ccc(F)cc5)n3)OC[C@]4(C)C(=O)NC3(C)CC3)C(F)F)cc(OC3CC3)c2nn1. The molecule has 0 saturated heterocycles. The highest BCUT2D eigenvalue weighted by Gasteiger charge is 2.51. The van der Waals surface area contributed by atoms with Crippen LogP contribution in [-0.4, -0.2) is 63.3 Å². The third kappa shape index (κ3) is 5.80. The summed E-state index contributed by atoms with van der Waals surface area (Å²) in [5.74, 6) is -1.11. The van der Waals surface area contributed by atoms with Gasteiger partial charge in [-0.05, 0) is 95.0 Å². The summed E-state index contributed by atoms with van der Waals surface area (Å²) in [4.78, 5) is 31.5. The molecule has 2 amide bonds. The Labute approximate surface area is 274 Å². The van der Waals surface area contributed by atoms with Crippen molar-refractivity contribution in [1.82, 2.24) is 25.8 Å².